The molecule has 4 rings (SSSR count). The Morgan fingerprint density at radius 3 is 2.46 bits per heavy atom. The molecular weight excluding hydrogens is 468 g/mol. The van der Waals surface area contributed by atoms with Gasteiger partial charge in [-0.15, -0.1) is 4.91 Å². The van der Waals surface area contributed by atoms with Crippen molar-refractivity contribution in [2.24, 2.45) is 5.18 Å². The molecule has 0 bridgehead atoms. The van der Waals surface area contributed by atoms with Gasteiger partial charge in [-0.2, -0.15) is 0 Å². The quantitative estimate of drug-likeness (QED) is 0.231. The first kappa shape index (κ1) is 25.9. The minimum atomic E-state index is -0.925. The number of aryl methyl sites for hydroxylation is 2. The minimum Gasteiger partial charge on any atom is -0.482 e. The van der Waals surface area contributed by atoms with Crippen molar-refractivity contribution in [2.75, 3.05) is 6.61 Å². The van der Waals surface area contributed by atoms with Crippen molar-refractivity contribution >= 4 is 28.5 Å². The third-order valence-corrected chi connectivity index (χ3v) is 5.38. The number of hydrogen-bond acceptors (Lipinski definition) is 6. The number of fused-ring (bicyclic) bond motifs is 1. The Labute approximate surface area is 209 Å². The van der Waals surface area contributed by atoms with Crippen LogP contribution in [0.2, 0.25) is 5.02 Å². The predicted octanol–water partition coefficient (Wildman–Crippen LogP) is 7.90. The summed E-state index contributed by atoms with van der Waals surface area (Å²) in [5.41, 5.74) is 4.21. The van der Waals surface area contributed by atoms with E-state index in [1.54, 1.807) is 12.1 Å². The Morgan fingerprint density at radius 1 is 1.06 bits per heavy atom. The molecule has 3 aromatic carbocycles. The van der Waals surface area contributed by atoms with Gasteiger partial charge in [0.2, 0.25) is 0 Å². The first-order valence-corrected chi connectivity index (χ1v) is 11.8. The minimum absolute atomic E-state index is 0.236. The van der Waals surface area contributed by atoms with Crippen molar-refractivity contribution in [2.45, 2.75) is 40.5 Å². The van der Waals surface area contributed by atoms with Crippen LogP contribution in [0, 0.1) is 11.8 Å². The van der Waals surface area contributed by atoms with Gasteiger partial charge in [0.15, 0.2) is 12.2 Å². The van der Waals surface area contributed by atoms with Crippen LogP contribution in [0.4, 0.5) is 0 Å². The second-order valence-electron chi connectivity index (χ2n) is 7.57. The van der Waals surface area contributed by atoms with Crippen LogP contribution in [-0.2, 0) is 11.2 Å². The molecule has 182 valence electrons. The Balaban J connectivity index is 0.00000167. The Morgan fingerprint density at radius 2 is 1.77 bits per heavy atom. The summed E-state index contributed by atoms with van der Waals surface area (Å²) >= 11 is 6.22. The zero-order valence-corrected chi connectivity index (χ0v) is 20.9. The van der Waals surface area contributed by atoms with Crippen molar-refractivity contribution in [3.05, 3.63) is 75.7 Å². The number of benzene rings is 3. The molecule has 0 fully saturated rings. The van der Waals surface area contributed by atoms with Crippen LogP contribution in [-0.4, -0.2) is 17.7 Å². The number of nitroso groups, excluding NO2 is 1. The summed E-state index contributed by atoms with van der Waals surface area (Å²) in [6.07, 6.45) is 1.74. The van der Waals surface area contributed by atoms with Crippen LogP contribution in [0.15, 0.2) is 64.3 Å². The van der Waals surface area contributed by atoms with Gasteiger partial charge in [-0.1, -0.05) is 61.6 Å². The maximum Gasteiger partial charge on any atom is 0.323 e. The number of nitrogens with zero attached hydrogens (tertiary/aromatic N) is 2. The molecule has 0 saturated heterocycles. The molecule has 7 nitrogen and oxygen atoms in total. The fourth-order valence-corrected chi connectivity index (χ4v) is 3.70. The highest BCUT2D eigenvalue weighted by atomic mass is 35.5. The number of halogens is 1. The lowest BCUT2D eigenvalue weighted by Crippen LogP contribution is -2.07. The van der Waals surface area contributed by atoms with E-state index < -0.39 is 12.5 Å². The number of aromatic nitrogens is 1. The van der Waals surface area contributed by atoms with E-state index >= 15 is 0 Å². The molecule has 4 aromatic rings. The van der Waals surface area contributed by atoms with Gasteiger partial charge < -0.3 is 14.0 Å². The molecular formula is C27H27ClN2O5. The first-order valence-electron chi connectivity index (χ1n) is 11.4. The van der Waals surface area contributed by atoms with Crippen molar-refractivity contribution in [3.63, 3.8) is 0 Å². The standard InChI is InChI=1S/C25H21ClN2O5.C2H6/c1-3-4-16-11-18(32-17-7-5-15(2)6-8-17)9-10-19(16)25-20-12-23(31-14-24(29)27-30)21(26)13-22(20)33-28-25;1-2/h5-13H,3-4,14H2,1-2H3;1-2H3. The van der Waals surface area contributed by atoms with Gasteiger partial charge in [0.05, 0.1) is 10.4 Å². The number of rotatable bonds is 8. The lowest BCUT2D eigenvalue weighted by atomic mass is 9.98. The zero-order chi connectivity index (χ0) is 25.4. The monoisotopic (exact) mass is 494 g/mol. The number of ether oxygens (including phenoxy) is 2. The molecule has 0 aliphatic heterocycles. The Hall–Kier alpha value is -3.71. The van der Waals surface area contributed by atoms with Crippen LogP contribution in [0.5, 0.6) is 17.2 Å². The molecule has 1 aromatic heterocycles. The summed E-state index contributed by atoms with van der Waals surface area (Å²) in [5, 5.41) is 7.49. The topological polar surface area (TPSA) is 91.0 Å². The summed E-state index contributed by atoms with van der Waals surface area (Å²) in [5.74, 6) is 0.803. The molecule has 0 saturated carbocycles. The zero-order valence-electron chi connectivity index (χ0n) is 20.1. The second kappa shape index (κ2) is 12.1. The van der Waals surface area contributed by atoms with Crippen LogP contribution < -0.4 is 9.47 Å². The summed E-state index contributed by atoms with van der Waals surface area (Å²) in [6, 6.07) is 16.9. The molecule has 0 N–H and O–H groups in total. The van der Waals surface area contributed by atoms with E-state index in [2.05, 4.69) is 17.3 Å². The molecule has 35 heavy (non-hydrogen) atoms. The average Bonchev–Trinajstić information content (AvgIpc) is 3.27. The number of carbonyl (C=O) groups is 1. The van der Waals surface area contributed by atoms with Gasteiger partial charge in [0.1, 0.15) is 22.9 Å². The highest BCUT2D eigenvalue weighted by Gasteiger charge is 2.18. The average molecular weight is 495 g/mol. The highest BCUT2D eigenvalue weighted by Crippen LogP contribution is 2.38. The molecule has 0 radical (unpaired) electrons. The molecule has 8 heteroatoms. The lowest BCUT2D eigenvalue weighted by molar-refractivity contribution is -0.119. The van der Waals surface area contributed by atoms with Gasteiger partial charge in [-0.25, -0.2) is 0 Å². The fourth-order valence-electron chi connectivity index (χ4n) is 3.49. The third-order valence-electron chi connectivity index (χ3n) is 5.09. The van der Waals surface area contributed by atoms with Crippen molar-refractivity contribution in [3.8, 4) is 28.5 Å². The van der Waals surface area contributed by atoms with Gasteiger partial charge >= 0.3 is 5.91 Å². The van der Waals surface area contributed by atoms with Gasteiger partial charge in [0.25, 0.3) is 0 Å². The van der Waals surface area contributed by atoms with E-state index in [1.807, 2.05) is 63.2 Å². The summed E-state index contributed by atoms with van der Waals surface area (Å²) in [7, 11) is 0. The molecule has 0 atom stereocenters. The SMILES string of the molecule is CC.CCCc1cc(Oc2ccc(C)cc2)ccc1-c1noc2cc(Cl)c(OCC(=O)N=O)cc12. The maximum absolute atomic E-state index is 11.2. The van der Waals surface area contributed by atoms with E-state index in [1.165, 1.54) is 0 Å². The molecule has 0 aliphatic rings. The lowest BCUT2D eigenvalue weighted by Gasteiger charge is -2.12. The summed E-state index contributed by atoms with van der Waals surface area (Å²) in [6.45, 7) is 7.63. The van der Waals surface area contributed by atoms with Crippen LogP contribution in [0.3, 0.4) is 0 Å². The predicted molar refractivity (Wildman–Crippen MR) is 137 cm³/mol. The maximum atomic E-state index is 11.2. The first-order chi connectivity index (χ1) is 17.0. The number of carbonyl (C=O) groups excluding carboxylic acids is 1. The van der Waals surface area contributed by atoms with Gasteiger partial charge in [-0.05, 0) is 55.3 Å². The van der Waals surface area contributed by atoms with E-state index in [-0.39, 0.29) is 10.8 Å². The largest absolute Gasteiger partial charge is 0.482 e. The van der Waals surface area contributed by atoms with E-state index in [0.717, 1.165) is 41.0 Å². The molecule has 0 aliphatic carbocycles. The van der Waals surface area contributed by atoms with Crippen molar-refractivity contribution in [1.82, 2.24) is 5.16 Å². The number of amides is 1. The van der Waals surface area contributed by atoms with Gasteiger partial charge in [0, 0.05) is 16.8 Å². The molecule has 1 amide bonds. The molecule has 0 spiro atoms. The van der Waals surface area contributed by atoms with Crippen LogP contribution >= 0.6 is 11.6 Å². The van der Waals surface area contributed by atoms with Crippen LogP contribution in [0.25, 0.3) is 22.2 Å². The molecule has 1 heterocycles. The highest BCUT2D eigenvalue weighted by molar-refractivity contribution is 6.32. The normalized spacial score (nSPS) is 10.4. The van der Waals surface area contributed by atoms with Crippen LogP contribution in [0.1, 0.15) is 38.3 Å². The van der Waals surface area contributed by atoms with E-state index in [0.29, 0.717) is 16.7 Å². The van der Waals surface area contributed by atoms with Crippen molar-refractivity contribution in [1.29, 1.82) is 0 Å². The van der Waals surface area contributed by atoms with E-state index in [9.17, 15) is 9.70 Å². The Bertz CT molecular complexity index is 1320. The summed E-state index contributed by atoms with van der Waals surface area (Å²) < 4.78 is 16.9. The second-order valence-corrected chi connectivity index (χ2v) is 7.97. The Kier molecular flexibility index (Phi) is 8.98. The molecule has 0 unspecified atom stereocenters. The third kappa shape index (κ3) is 6.25. The van der Waals surface area contributed by atoms with Gasteiger partial charge in [-0.3, -0.25) is 4.79 Å². The summed E-state index contributed by atoms with van der Waals surface area (Å²) in [4.78, 5) is 21.5. The fraction of sp³-hybridized carbons (Fsp3) is 0.259. The number of hydrogen-bond donors (Lipinski definition) is 0. The van der Waals surface area contributed by atoms with Crippen molar-refractivity contribution < 1.29 is 18.8 Å². The smallest absolute Gasteiger partial charge is 0.323 e. The van der Waals surface area contributed by atoms with E-state index in [4.69, 9.17) is 25.6 Å².